The number of aromatic nitrogens is 1. The Hall–Kier alpha value is -1.23. The third-order valence-electron chi connectivity index (χ3n) is 4.78. The first-order chi connectivity index (χ1) is 12.0. The van der Waals surface area contributed by atoms with Crippen LogP contribution in [0.4, 0.5) is 13.2 Å². The molecule has 2 fully saturated rings. The van der Waals surface area contributed by atoms with Crippen LogP contribution >= 0.6 is 0 Å². The van der Waals surface area contributed by atoms with Crippen molar-refractivity contribution in [1.82, 2.24) is 14.2 Å². The summed E-state index contributed by atoms with van der Waals surface area (Å²) in [5, 5.41) is 0. The van der Waals surface area contributed by atoms with Crippen molar-refractivity contribution >= 4 is 10.0 Å². The Bertz CT molecular complexity index is 771. The number of hydrogen-bond acceptors (Lipinski definition) is 5. The smallest absolute Gasteiger partial charge is 0.380 e. The largest absolute Gasteiger partial charge is 0.433 e. The van der Waals surface area contributed by atoms with Crippen molar-refractivity contribution in [2.45, 2.75) is 24.9 Å². The van der Waals surface area contributed by atoms with Gasteiger partial charge in [-0.2, -0.15) is 17.5 Å². The van der Waals surface area contributed by atoms with E-state index in [4.69, 9.17) is 4.74 Å². The number of hydrogen-bond donors (Lipinski definition) is 0. The zero-order valence-electron chi connectivity index (χ0n) is 14.7. The van der Waals surface area contributed by atoms with Gasteiger partial charge in [-0.3, -0.25) is 4.90 Å². The van der Waals surface area contributed by atoms with Crippen LogP contribution in [0, 0.1) is 12.3 Å². The molecule has 0 aliphatic carbocycles. The molecule has 0 amide bonds. The molecule has 3 heterocycles. The van der Waals surface area contributed by atoms with Gasteiger partial charge < -0.3 is 4.74 Å². The van der Waals surface area contributed by atoms with E-state index in [-0.39, 0.29) is 16.0 Å². The highest BCUT2D eigenvalue weighted by Gasteiger charge is 2.38. The number of halogens is 3. The standard InChI is InChI=1S/C16H22F3N3O3S/c1-12-13(3-4-14(20-12)16(17,18)19)26(23,24)22-7-5-21(6-8-22)9-15(2)10-25-11-15/h3-4H,5-11H2,1-2H3. The quantitative estimate of drug-likeness (QED) is 0.780. The van der Waals surface area contributed by atoms with Crippen LogP contribution in [-0.2, 0) is 20.9 Å². The molecule has 0 bridgehead atoms. The lowest BCUT2D eigenvalue weighted by Gasteiger charge is -2.44. The molecule has 1 aromatic heterocycles. The lowest BCUT2D eigenvalue weighted by atomic mass is 9.88. The molecule has 0 spiro atoms. The molecule has 10 heteroatoms. The van der Waals surface area contributed by atoms with Gasteiger partial charge in [-0.25, -0.2) is 13.4 Å². The van der Waals surface area contributed by atoms with Crippen LogP contribution in [0.1, 0.15) is 18.3 Å². The topological polar surface area (TPSA) is 62.7 Å². The second-order valence-corrected chi connectivity index (χ2v) is 9.17. The molecule has 146 valence electrons. The van der Waals surface area contributed by atoms with Crippen LogP contribution in [0.15, 0.2) is 17.0 Å². The van der Waals surface area contributed by atoms with Crippen LogP contribution in [-0.4, -0.2) is 68.5 Å². The molecular weight excluding hydrogens is 371 g/mol. The number of alkyl halides is 3. The molecule has 1 aromatic rings. The summed E-state index contributed by atoms with van der Waals surface area (Å²) in [6, 6.07) is 1.72. The monoisotopic (exact) mass is 393 g/mol. The summed E-state index contributed by atoms with van der Waals surface area (Å²) in [6.45, 7) is 7.47. The molecule has 0 saturated carbocycles. The van der Waals surface area contributed by atoms with Crippen molar-refractivity contribution < 1.29 is 26.3 Å². The Morgan fingerprint density at radius 3 is 2.27 bits per heavy atom. The first-order valence-corrected chi connectivity index (χ1v) is 9.80. The zero-order valence-corrected chi connectivity index (χ0v) is 15.5. The van der Waals surface area contributed by atoms with Gasteiger partial charge in [0.15, 0.2) is 0 Å². The van der Waals surface area contributed by atoms with E-state index in [0.717, 1.165) is 12.6 Å². The fraction of sp³-hybridized carbons (Fsp3) is 0.688. The van der Waals surface area contributed by atoms with Crippen LogP contribution < -0.4 is 0 Å². The number of rotatable bonds is 4. The van der Waals surface area contributed by atoms with Crippen molar-refractivity contribution in [3.63, 3.8) is 0 Å². The van der Waals surface area contributed by atoms with Gasteiger partial charge in [0.05, 0.1) is 18.9 Å². The van der Waals surface area contributed by atoms with E-state index in [1.807, 2.05) is 0 Å². The van der Waals surface area contributed by atoms with E-state index in [1.54, 1.807) is 0 Å². The Labute approximate surface area is 151 Å². The highest BCUT2D eigenvalue weighted by Crippen LogP contribution is 2.31. The minimum Gasteiger partial charge on any atom is -0.380 e. The first kappa shape index (κ1) is 19.5. The van der Waals surface area contributed by atoms with Gasteiger partial charge in [-0.15, -0.1) is 0 Å². The summed E-state index contributed by atoms with van der Waals surface area (Å²) in [7, 11) is -3.86. The molecule has 6 nitrogen and oxygen atoms in total. The zero-order chi connectivity index (χ0) is 19.2. The molecule has 0 N–H and O–H groups in total. The number of sulfonamides is 1. The summed E-state index contributed by atoms with van der Waals surface area (Å²) < 4.78 is 70.3. The van der Waals surface area contributed by atoms with Crippen LogP contribution in [0.25, 0.3) is 0 Å². The van der Waals surface area contributed by atoms with Gasteiger partial charge in [0.25, 0.3) is 0 Å². The highest BCUT2D eigenvalue weighted by molar-refractivity contribution is 7.89. The fourth-order valence-electron chi connectivity index (χ4n) is 3.33. The van der Waals surface area contributed by atoms with Crippen LogP contribution in [0.5, 0.6) is 0 Å². The summed E-state index contributed by atoms with van der Waals surface area (Å²) >= 11 is 0. The Morgan fingerprint density at radius 2 is 1.81 bits per heavy atom. The summed E-state index contributed by atoms with van der Waals surface area (Å²) in [5.41, 5.74) is -1.11. The number of pyridine rings is 1. The fourth-order valence-corrected chi connectivity index (χ4v) is 4.91. The molecule has 3 rings (SSSR count). The average molecular weight is 393 g/mol. The van der Waals surface area contributed by atoms with Gasteiger partial charge in [-0.05, 0) is 19.1 Å². The normalized spacial score (nSPS) is 22.2. The maximum atomic E-state index is 12.8. The molecular formula is C16H22F3N3O3S. The molecule has 0 radical (unpaired) electrons. The van der Waals surface area contributed by atoms with E-state index >= 15 is 0 Å². The lowest BCUT2D eigenvalue weighted by molar-refractivity contribution is -0.141. The van der Waals surface area contributed by atoms with Gasteiger partial charge in [-0.1, -0.05) is 6.92 Å². The van der Waals surface area contributed by atoms with Gasteiger partial charge in [0.2, 0.25) is 10.0 Å². The molecule has 2 aliphatic heterocycles. The SMILES string of the molecule is Cc1nc(C(F)(F)F)ccc1S(=O)(=O)N1CCN(CC2(C)COC2)CC1. The molecule has 0 aromatic carbocycles. The number of ether oxygens (including phenoxy) is 1. The summed E-state index contributed by atoms with van der Waals surface area (Å²) in [6.07, 6.45) is -4.60. The Kier molecular flexibility index (Phi) is 5.06. The third-order valence-corrected chi connectivity index (χ3v) is 6.82. The number of nitrogens with zero attached hydrogens (tertiary/aromatic N) is 3. The Balaban J connectivity index is 1.69. The summed E-state index contributed by atoms with van der Waals surface area (Å²) in [4.78, 5) is 5.47. The van der Waals surface area contributed by atoms with Gasteiger partial charge in [0.1, 0.15) is 10.6 Å². The minimum atomic E-state index is -4.60. The van der Waals surface area contributed by atoms with Crippen molar-refractivity contribution in [2.24, 2.45) is 5.41 Å². The molecule has 0 atom stereocenters. The van der Waals surface area contributed by atoms with E-state index in [9.17, 15) is 21.6 Å². The first-order valence-electron chi connectivity index (χ1n) is 8.36. The number of aryl methyl sites for hydroxylation is 1. The van der Waals surface area contributed by atoms with Crippen LogP contribution in [0.3, 0.4) is 0 Å². The van der Waals surface area contributed by atoms with Crippen LogP contribution in [0.2, 0.25) is 0 Å². The highest BCUT2D eigenvalue weighted by atomic mass is 32.2. The maximum Gasteiger partial charge on any atom is 0.433 e. The van der Waals surface area contributed by atoms with Gasteiger partial charge >= 0.3 is 6.18 Å². The van der Waals surface area contributed by atoms with Crippen molar-refractivity contribution in [2.75, 3.05) is 45.9 Å². The van der Waals surface area contributed by atoms with E-state index in [0.29, 0.717) is 45.5 Å². The predicted molar refractivity (Wildman–Crippen MR) is 88.1 cm³/mol. The summed E-state index contributed by atoms with van der Waals surface area (Å²) in [5.74, 6) is 0. The van der Waals surface area contributed by atoms with Gasteiger partial charge in [0, 0.05) is 38.1 Å². The Morgan fingerprint density at radius 1 is 1.19 bits per heavy atom. The van der Waals surface area contributed by atoms with E-state index < -0.39 is 21.9 Å². The minimum absolute atomic E-state index is 0.120. The average Bonchev–Trinajstić information content (AvgIpc) is 2.52. The maximum absolute atomic E-state index is 12.8. The van der Waals surface area contributed by atoms with Crippen molar-refractivity contribution in [1.29, 1.82) is 0 Å². The van der Waals surface area contributed by atoms with Crippen molar-refractivity contribution in [3.05, 3.63) is 23.5 Å². The third kappa shape index (κ3) is 3.88. The number of piperazine rings is 1. The van der Waals surface area contributed by atoms with Crippen molar-refractivity contribution in [3.8, 4) is 0 Å². The molecule has 0 unspecified atom stereocenters. The predicted octanol–water partition coefficient (Wildman–Crippen LogP) is 1.75. The molecule has 2 aliphatic rings. The molecule has 26 heavy (non-hydrogen) atoms. The van der Waals surface area contributed by atoms with E-state index in [2.05, 4.69) is 16.8 Å². The second kappa shape index (κ2) is 6.74. The lowest BCUT2D eigenvalue weighted by Crippen LogP contribution is -2.55. The second-order valence-electron chi connectivity index (χ2n) is 7.26. The van der Waals surface area contributed by atoms with E-state index in [1.165, 1.54) is 11.2 Å². The molecule has 2 saturated heterocycles.